The van der Waals surface area contributed by atoms with E-state index in [2.05, 4.69) is 84.9 Å². The highest BCUT2D eigenvalue weighted by atomic mass is 16.5. The summed E-state index contributed by atoms with van der Waals surface area (Å²) < 4.78 is 4.81. The molecule has 1 aromatic carbocycles. The first kappa shape index (κ1) is 71.5. The maximum atomic E-state index is 5.44. The van der Waals surface area contributed by atoms with Crippen LogP contribution < -0.4 is 79.9 Å². The van der Waals surface area contributed by atoms with Gasteiger partial charge < -0.3 is 79.3 Å². The van der Waals surface area contributed by atoms with Crippen molar-refractivity contribution in [1.82, 2.24) is 5.32 Å². The number of guanidine groups is 3. The van der Waals surface area contributed by atoms with Crippen LogP contribution in [0.5, 0.6) is 0 Å². The standard InChI is InChI=1S/C9H13N.C7H14.C5H13NO.C4H11N5.C4H13N3.C3H9N.C2H7N3.2C2H7N.CH5N/c1-2-8-3-5-9(7-10)6-4-8;1-6-4-3-5-7(6)2;1-5(3-6)4-7-2;1-7-3(5)9-4(6)8-2;5-2-1-4(7)3-6;1-2-3-4;1-5-2(3)4;2*1-2-3;1-2/h3-6H,2,7,10H2,1H3;6-7H,3-5H2,1-2H3;5H,3-4,6H2,1-2H3;1-2H3,(H5,5,6,7,8,9);4H,1-3,5-7H2;2-4H2,1H3;1H3,(H4,3,4,5);2*2-3H2,1H3;2H2,1H3. The van der Waals surface area contributed by atoms with Crippen LogP contribution >= 0.6 is 0 Å². The summed E-state index contributed by atoms with van der Waals surface area (Å²) in [4.78, 5) is 10.6. The second kappa shape index (κ2) is 64.7. The zero-order valence-corrected chi connectivity index (χ0v) is 38.8. The maximum Gasteiger partial charge on any atom is 0.195 e. The molecule has 346 valence electrons. The highest BCUT2D eigenvalue weighted by Crippen LogP contribution is 2.29. The van der Waals surface area contributed by atoms with Gasteiger partial charge in [0, 0.05) is 54.0 Å². The molecule has 0 radical (unpaired) electrons. The monoisotopic (exact) mass is 822 g/mol. The topological polar surface area (TPSA) is 397 Å². The Kier molecular flexibility index (Phi) is 81.2. The minimum Gasteiger partial charge on any atom is -0.384 e. The Balaban J connectivity index is -0.0000000805. The van der Waals surface area contributed by atoms with E-state index in [9.17, 15) is 0 Å². The molecule has 0 bridgehead atoms. The van der Waals surface area contributed by atoms with Gasteiger partial charge in [-0.3, -0.25) is 20.3 Å². The van der Waals surface area contributed by atoms with Crippen LogP contribution in [0.25, 0.3) is 0 Å². The Morgan fingerprint density at radius 2 is 1.09 bits per heavy atom. The average Bonchev–Trinajstić information content (AvgIpc) is 3.61. The number of nitrogens with two attached hydrogens (primary N) is 13. The molecule has 2 rings (SSSR count). The summed E-state index contributed by atoms with van der Waals surface area (Å²) in [5.41, 5.74) is 68.3. The second-order valence-corrected chi connectivity index (χ2v) is 12.2. The lowest BCUT2D eigenvalue weighted by Gasteiger charge is -2.05. The highest BCUT2D eigenvalue weighted by molar-refractivity contribution is 5.96. The Hall–Kier alpha value is -3.17. The molecule has 0 spiro atoms. The fraction of sp³-hybridized carbons (Fsp3) is 0.769. The van der Waals surface area contributed by atoms with Gasteiger partial charge >= 0.3 is 0 Å². The van der Waals surface area contributed by atoms with E-state index in [1.54, 1.807) is 21.2 Å². The van der Waals surface area contributed by atoms with Crippen molar-refractivity contribution in [2.24, 2.45) is 107 Å². The number of ether oxygens (including phenoxy) is 1. The Bertz CT molecular complexity index is 854. The van der Waals surface area contributed by atoms with Crippen LogP contribution in [-0.2, 0) is 17.7 Å². The fourth-order valence-electron chi connectivity index (χ4n) is 3.17. The van der Waals surface area contributed by atoms with Crippen molar-refractivity contribution < 1.29 is 4.74 Å². The average molecular weight is 822 g/mol. The number of nitrogens with one attached hydrogen (secondary N) is 1. The van der Waals surface area contributed by atoms with Crippen LogP contribution in [0.4, 0.5) is 0 Å². The zero-order chi connectivity index (χ0) is 46.5. The minimum absolute atomic E-state index is 0.102. The summed E-state index contributed by atoms with van der Waals surface area (Å²) in [6.07, 6.45) is 7.45. The lowest BCUT2D eigenvalue weighted by Crippen LogP contribution is -2.41. The third kappa shape index (κ3) is 78.0. The van der Waals surface area contributed by atoms with Crippen LogP contribution in [0, 0.1) is 17.8 Å². The number of aryl methyl sites for hydroxylation is 1. The summed E-state index contributed by atoms with van der Waals surface area (Å²) in [5, 5.41) is 2.53. The van der Waals surface area contributed by atoms with Crippen molar-refractivity contribution in [2.45, 2.75) is 99.6 Å². The van der Waals surface area contributed by atoms with Gasteiger partial charge in [-0.15, -0.1) is 0 Å². The van der Waals surface area contributed by atoms with Gasteiger partial charge in [0.2, 0.25) is 0 Å². The van der Waals surface area contributed by atoms with E-state index in [-0.39, 0.29) is 23.9 Å². The lowest BCUT2D eigenvalue weighted by molar-refractivity contribution is 0.162. The molecule has 1 saturated carbocycles. The lowest BCUT2D eigenvalue weighted by atomic mass is 10.0. The molecular formula is C39H99N17O. The molecule has 0 amide bonds. The number of methoxy groups -OCH3 is 1. The van der Waals surface area contributed by atoms with Crippen molar-refractivity contribution in [3.63, 3.8) is 0 Å². The van der Waals surface area contributed by atoms with E-state index >= 15 is 0 Å². The SMILES string of the molecule is CC1CCCC1C.CCCN.CCN.CCN.CCc1ccc(CN)cc1.CN.CN=C(N)N.CN=C(N)NC(N)=NC.COCC(C)CN.NCCC(N)CN. The van der Waals surface area contributed by atoms with Gasteiger partial charge in [0.1, 0.15) is 0 Å². The molecule has 57 heavy (non-hydrogen) atoms. The minimum atomic E-state index is 0.102. The van der Waals surface area contributed by atoms with Crippen LogP contribution in [0.1, 0.15) is 91.7 Å². The molecule has 1 fully saturated rings. The first-order chi connectivity index (χ1) is 27.0. The number of benzene rings is 1. The summed E-state index contributed by atoms with van der Waals surface area (Å²) in [5.74, 6) is 3.19. The van der Waals surface area contributed by atoms with Gasteiger partial charge in [-0.1, -0.05) is 92.0 Å². The molecule has 1 aliphatic carbocycles. The quantitative estimate of drug-likeness (QED) is 0.117. The second-order valence-electron chi connectivity index (χ2n) is 12.2. The molecule has 4 unspecified atom stereocenters. The smallest absolute Gasteiger partial charge is 0.195 e. The van der Waals surface area contributed by atoms with Crippen molar-refractivity contribution in [3.05, 3.63) is 35.4 Å². The molecule has 4 atom stereocenters. The Morgan fingerprint density at radius 3 is 1.25 bits per heavy atom. The highest BCUT2D eigenvalue weighted by Gasteiger charge is 2.17. The number of nitrogens with zero attached hydrogens (tertiary/aromatic N) is 3. The van der Waals surface area contributed by atoms with E-state index in [4.69, 9.17) is 73.5 Å². The molecule has 0 heterocycles. The molecular weight excluding hydrogens is 723 g/mol. The predicted molar refractivity (Wildman–Crippen MR) is 256 cm³/mol. The summed E-state index contributed by atoms with van der Waals surface area (Å²) in [6.45, 7) is 20.4. The van der Waals surface area contributed by atoms with E-state index in [1.807, 2.05) is 13.8 Å². The third-order valence-electron chi connectivity index (χ3n) is 6.94. The van der Waals surface area contributed by atoms with Crippen LogP contribution in [-0.4, -0.2) is 105 Å². The number of hydrogen-bond donors (Lipinski definition) is 14. The fourth-order valence-corrected chi connectivity index (χ4v) is 3.17. The first-order valence-electron chi connectivity index (χ1n) is 20.0. The van der Waals surface area contributed by atoms with Crippen molar-refractivity contribution in [1.29, 1.82) is 0 Å². The van der Waals surface area contributed by atoms with Crippen molar-refractivity contribution in [2.75, 3.05) is 81.2 Å². The molecule has 27 N–H and O–H groups in total. The Morgan fingerprint density at radius 1 is 0.719 bits per heavy atom. The molecule has 18 heteroatoms. The normalized spacial score (nSPS) is 14.3. The molecule has 0 aromatic heterocycles. The van der Waals surface area contributed by atoms with Crippen LogP contribution in [0.2, 0.25) is 0 Å². The van der Waals surface area contributed by atoms with E-state index in [0.717, 1.165) is 57.3 Å². The van der Waals surface area contributed by atoms with Gasteiger partial charge in [0.15, 0.2) is 17.9 Å². The molecule has 18 nitrogen and oxygen atoms in total. The van der Waals surface area contributed by atoms with E-state index in [1.165, 1.54) is 44.5 Å². The molecule has 0 aliphatic heterocycles. The molecule has 1 aromatic rings. The number of aliphatic imine (C=N–C) groups is 3. The predicted octanol–water partition coefficient (Wildman–Crippen LogP) is 0.214. The van der Waals surface area contributed by atoms with Crippen molar-refractivity contribution in [3.8, 4) is 0 Å². The maximum absolute atomic E-state index is 5.44. The third-order valence-corrected chi connectivity index (χ3v) is 6.94. The van der Waals surface area contributed by atoms with E-state index in [0.29, 0.717) is 32.1 Å². The number of hydrogen-bond acceptors (Lipinski definition) is 13. The van der Waals surface area contributed by atoms with E-state index < -0.39 is 0 Å². The largest absolute Gasteiger partial charge is 0.384 e. The van der Waals surface area contributed by atoms with Gasteiger partial charge in [-0.25, -0.2) is 0 Å². The molecule has 0 saturated heterocycles. The van der Waals surface area contributed by atoms with Gasteiger partial charge in [-0.05, 0) is 87.9 Å². The zero-order valence-electron chi connectivity index (χ0n) is 38.8. The van der Waals surface area contributed by atoms with Crippen molar-refractivity contribution >= 4 is 17.9 Å². The van der Waals surface area contributed by atoms with Gasteiger partial charge in [-0.2, -0.15) is 0 Å². The van der Waals surface area contributed by atoms with Crippen LogP contribution in [0.15, 0.2) is 39.2 Å². The summed E-state index contributed by atoms with van der Waals surface area (Å²) >= 11 is 0. The summed E-state index contributed by atoms with van der Waals surface area (Å²) in [7, 11) is 7.85. The molecule has 1 aliphatic rings. The first-order valence-corrected chi connectivity index (χ1v) is 20.0. The van der Waals surface area contributed by atoms with Crippen LogP contribution in [0.3, 0.4) is 0 Å². The summed E-state index contributed by atoms with van der Waals surface area (Å²) in [6, 6.07) is 8.52. The Labute approximate surface area is 350 Å². The van der Waals surface area contributed by atoms with Gasteiger partial charge in [0.05, 0.1) is 0 Å². The number of rotatable bonds is 9. The van der Waals surface area contributed by atoms with Gasteiger partial charge in [0.25, 0.3) is 0 Å².